The van der Waals surface area contributed by atoms with Crippen molar-refractivity contribution in [1.29, 1.82) is 0 Å². The number of hydrogen-bond donors (Lipinski definition) is 1. The molecule has 2 aliphatic heterocycles. The standard InChI is InChI=1S/C16H22ClNO3/c1-12-7-21-15(13-4-2-3-5-14(13)17)6-18(12)8-16(9-19)10-20-11-16/h2-5,12,15,19H,6-11H2,1H3. The molecule has 0 bridgehead atoms. The third-order valence-electron chi connectivity index (χ3n) is 4.50. The minimum atomic E-state index is -0.101. The first-order chi connectivity index (χ1) is 10.1. The highest BCUT2D eigenvalue weighted by molar-refractivity contribution is 6.31. The van der Waals surface area contributed by atoms with Gasteiger partial charge in [-0.15, -0.1) is 0 Å². The molecule has 4 nitrogen and oxygen atoms in total. The van der Waals surface area contributed by atoms with E-state index in [9.17, 15) is 5.11 Å². The average molecular weight is 312 g/mol. The van der Waals surface area contributed by atoms with Crippen LogP contribution in [0.2, 0.25) is 5.02 Å². The van der Waals surface area contributed by atoms with Gasteiger partial charge in [-0.05, 0) is 13.0 Å². The van der Waals surface area contributed by atoms with Gasteiger partial charge in [-0.25, -0.2) is 0 Å². The number of hydrogen-bond acceptors (Lipinski definition) is 4. The Morgan fingerprint density at radius 2 is 2.14 bits per heavy atom. The number of rotatable bonds is 4. The summed E-state index contributed by atoms with van der Waals surface area (Å²) in [4.78, 5) is 2.39. The molecule has 2 unspecified atom stereocenters. The zero-order valence-electron chi connectivity index (χ0n) is 12.3. The highest BCUT2D eigenvalue weighted by Gasteiger charge is 2.42. The molecule has 0 saturated carbocycles. The van der Waals surface area contributed by atoms with Gasteiger partial charge in [-0.1, -0.05) is 29.8 Å². The van der Waals surface area contributed by atoms with E-state index in [1.807, 2.05) is 24.3 Å². The molecule has 1 aromatic carbocycles. The molecule has 2 aliphatic rings. The monoisotopic (exact) mass is 311 g/mol. The summed E-state index contributed by atoms with van der Waals surface area (Å²) < 4.78 is 11.3. The van der Waals surface area contributed by atoms with Crippen LogP contribution in [0.3, 0.4) is 0 Å². The maximum Gasteiger partial charge on any atom is 0.0967 e. The van der Waals surface area contributed by atoms with Crippen LogP contribution in [0.1, 0.15) is 18.6 Å². The maximum atomic E-state index is 9.62. The van der Waals surface area contributed by atoms with Gasteiger partial charge in [-0.3, -0.25) is 4.90 Å². The topological polar surface area (TPSA) is 41.9 Å². The van der Waals surface area contributed by atoms with Crippen molar-refractivity contribution in [2.24, 2.45) is 5.41 Å². The first kappa shape index (κ1) is 15.3. The average Bonchev–Trinajstić information content (AvgIpc) is 2.45. The van der Waals surface area contributed by atoms with Crippen molar-refractivity contribution in [1.82, 2.24) is 4.90 Å². The third kappa shape index (κ3) is 3.10. The fourth-order valence-corrected chi connectivity index (χ4v) is 3.26. The van der Waals surface area contributed by atoms with Gasteiger partial charge in [0.25, 0.3) is 0 Å². The molecule has 0 aliphatic carbocycles. The predicted molar refractivity (Wildman–Crippen MR) is 81.5 cm³/mol. The van der Waals surface area contributed by atoms with E-state index in [1.165, 1.54) is 0 Å². The molecule has 3 rings (SSSR count). The summed E-state index contributed by atoms with van der Waals surface area (Å²) in [6.45, 7) is 5.94. The molecular formula is C16H22ClNO3. The van der Waals surface area contributed by atoms with Crippen molar-refractivity contribution >= 4 is 11.6 Å². The second-order valence-corrected chi connectivity index (χ2v) is 6.68. The van der Waals surface area contributed by atoms with Crippen molar-refractivity contribution in [3.63, 3.8) is 0 Å². The van der Waals surface area contributed by atoms with E-state index in [4.69, 9.17) is 21.1 Å². The fraction of sp³-hybridized carbons (Fsp3) is 0.625. The Hall–Kier alpha value is -0.650. The van der Waals surface area contributed by atoms with Crippen LogP contribution in [0.5, 0.6) is 0 Å². The predicted octanol–water partition coefficient (Wildman–Crippen LogP) is 2.11. The molecule has 2 saturated heterocycles. The van der Waals surface area contributed by atoms with Crippen molar-refractivity contribution in [2.45, 2.75) is 19.1 Å². The lowest BCUT2D eigenvalue weighted by Crippen LogP contribution is -2.57. The van der Waals surface area contributed by atoms with E-state index in [2.05, 4.69) is 11.8 Å². The van der Waals surface area contributed by atoms with Gasteiger partial charge in [0.05, 0.1) is 37.9 Å². The number of halogens is 1. The minimum absolute atomic E-state index is 0.00774. The summed E-state index contributed by atoms with van der Waals surface area (Å²) in [7, 11) is 0. The summed E-state index contributed by atoms with van der Waals surface area (Å²) in [5.74, 6) is 0. The number of aliphatic hydroxyl groups is 1. The van der Waals surface area contributed by atoms with Crippen LogP contribution in [-0.4, -0.2) is 55.6 Å². The molecule has 0 spiro atoms. The molecule has 2 fully saturated rings. The highest BCUT2D eigenvalue weighted by Crippen LogP contribution is 2.34. The van der Waals surface area contributed by atoms with E-state index in [0.29, 0.717) is 25.9 Å². The molecule has 2 heterocycles. The van der Waals surface area contributed by atoms with Gasteiger partial charge >= 0.3 is 0 Å². The summed E-state index contributed by atoms with van der Waals surface area (Å²) in [5.41, 5.74) is 0.940. The van der Waals surface area contributed by atoms with Crippen LogP contribution in [0.4, 0.5) is 0 Å². The van der Waals surface area contributed by atoms with Crippen molar-refractivity contribution in [3.05, 3.63) is 34.9 Å². The SMILES string of the molecule is CC1COC(c2ccccc2Cl)CN1CC1(CO)COC1. The van der Waals surface area contributed by atoms with Crippen LogP contribution < -0.4 is 0 Å². The molecule has 1 aromatic rings. The Bertz CT molecular complexity index is 487. The molecule has 2 atom stereocenters. The molecule has 0 amide bonds. The summed E-state index contributed by atoms with van der Waals surface area (Å²) >= 11 is 6.28. The van der Waals surface area contributed by atoms with E-state index in [-0.39, 0.29) is 18.1 Å². The maximum absolute atomic E-state index is 9.62. The minimum Gasteiger partial charge on any atom is -0.396 e. The Kier molecular flexibility index (Phi) is 4.52. The van der Waals surface area contributed by atoms with E-state index < -0.39 is 0 Å². The van der Waals surface area contributed by atoms with Gasteiger partial charge in [0, 0.05) is 29.7 Å². The third-order valence-corrected chi connectivity index (χ3v) is 4.85. The molecule has 116 valence electrons. The summed E-state index contributed by atoms with van der Waals surface area (Å²) in [5, 5.41) is 10.4. The van der Waals surface area contributed by atoms with Gasteiger partial charge in [0.2, 0.25) is 0 Å². The van der Waals surface area contributed by atoms with Crippen LogP contribution >= 0.6 is 11.6 Å². The first-order valence-electron chi connectivity index (χ1n) is 7.42. The lowest BCUT2D eigenvalue weighted by atomic mass is 9.85. The largest absolute Gasteiger partial charge is 0.396 e. The number of nitrogens with zero attached hydrogens (tertiary/aromatic N) is 1. The smallest absolute Gasteiger partial charge is 0.0967 e. The van der Waals surface area contributed by atoms with Gasteiger partial charge in [-0.2, -0.15) is 0 Å². The van der Waals surface area contributed by atoms with Gasteiger partial charge < -0.3 is 14.6 Å². The quantitative estimate of drug-likeness (QED) is 0.925. The van der Waals surface area contributed by atoms with E-state index in [1.54, 1.807) is 0 Å². The normalized spacial score (nSPS) is 29.1. The molecular weight excluding hydrogens is 290 g/mol. The fourth-order valence-electron chi connectivity index (χ4n) is 3.01. The van der Waals surface area contributed by atoms with E-state index in [0.717, 1.165) is 23.7 Å². The molecule has 0 aromatic heterocycles. The number of morpholine rings is 1. The van der Waals surface area contributed by atoms with Crippen LogP contribution in [0.25, 0.3) is 0 Å². The Labute approximate surface area is 130 Å². The second kappa shape index (κ2) is 6.23. The molecule has 5 heteroatoms. The van der Waals surface area contributed by atoms with Gasteiger partial charge in [0.15, 0.2) is 0 Å². The van der Waals surface area contributed by atoms with Gasteiger partial charge in [0.1, 0.15) is 0 Å². The Morgan fingerprint density at radius 1 is 1.38 bits per heavy atom. The summed E-state index contributed by atoms with van der Waals surface area (Å²) in [6, 6.07) is 8.18. The number of ether oxygens (including phenoxy) is 2. The zero-order valence-corrected chi connectivity index (χ0v) is 13.1. The molecule has 0 radical (unpaired) electrons. The van der Waals surface area contributed by atoms with Crippen LogP contribution in [0.15, 0.2) is 24.3 Å². The second-order valence-electron chi connectivity index (χ2n) is 6.27. The Balaban J connectivity index is 1.71. The number of aliphatic hydroxyl groups excluding tert-OH is 1. The highest BCUT2D eigenvalue weighted by atomic mass is 35.5. The zero-order chi connectivity index (χ0) is 14.9. The van der Waals surface area contributed by atoms with E-state index >= 15 is 0 Å². The van der Waals surface area contributed by atoms with Crippen molar-refractivity contribution < 1.29 is 14.6 Å². The Morgan fingerprint density at radius 3 is 2.76 bits per heavy atom. The number of benzene rings is 1. The first-order valence-corrected chi connectivity index (χ1v) is 7.80. The van der Waals surface area contributed by atoms with Crippen molar-refractivity contribution in [2.75, 3.05) is 39.5 Å². The van der Waals surface area contributed by atoms with Crippen LogP contribution in [0, 0.1) is 5.41 Å². The lowest BCUT2D eigenvalue weighted by molar-refractivity contribution is -0.165. The van der Waals surface area contributed by atoms with Crippen molar-refractivity contribution in [3.8, 4) is 0 Å². The summed E-state index contributed by atoms with van der Waals surface area (Å²) in [6.07, 6.45) is -0.00774. The lowest BCUT2D eigenvalue weighted by Gasteiger charge is -2.47. The molecule has 21 heavy (non-hydrogen) atoms. The molecule has 1 N–H and O–H groups in total. The van der Waals surface area contributed by atoms with Crippen LogP contribution in [-0.2, 0) is 9.47 Å².